The lowest BCUT2D eigenvalue weighted by molar-refractivity contribution is -0.136. The smallest absolute Gasteiger partial charge is 0.315 e. The van der Waals surface area contributed by atoms with E-state index in [4.69, 9.17) is 4.74 Å². The van der Waals surface area contributed by atoms with E-state index in [1.165, 1.54) is 11.8 Å². The standard InChI is InChI=1S/C13H15N5O3S2/c1-3-21-11-8(5-4-6-14-11)7-15-9(19)10(20)16-12-17-13(22-2)18-23-12/h4-6H,3,7H2,1-2H3,(H,15,19)(H,16,17,18,20). The van der Waals surface area contributed by atoms with Gasteiger partial charge in [-0.1, -0.05) is 17.8 Å². The molecule has 23 heavy (non-hydrogen) atoms. The normalized spacial score (nSPS) is 10.2. The molecule has 0 aliphatic rings. The highest BCUT2D eigenvalue weighted by atomic mass is 32.2. The number of thioether (sulfide) groups is 1. The second-order valence-electron chi connectivity index (χ2n) is 4.12. The van der Waals surface area contributed by atoms with E-state index >= 15 is 0 Å². The van der Waals surface area contributed by atoms with Gasteiger partial charge in [-0.15, -0.1) is 0 Å². The highest BCUT2D eigenvalue weighted by Gasteiger charge is 2.16. The van der Waals surface area contributed by atoms with Gasteiger partial charge in [0, 0.05) is 29.8 Å². The first kappa shape index (κ1) is 17.2. The number of pyridine rings is 1. The Kier molecular flexibility index (Phi) is 6.29. The third kappa shape index (κ3) is 4.89. The largest absolute Gasteiger partial charge is 0.478 e. The summed E-state index contributed by atoms with van der Waals surface area (Å²) in [6, 6.07) is 3.50. The first-order valence-corrected chi connectivity index (χ1v) is 8.67. The molecule has 0 unspecified atom stereocenters. The summed E-state index contributed by atoms with van der Waals surface area (Å²) in [6.45, 7) is 2.45. The van der Waals surface area contributed by atoms with Crippen molar-refractivity contribution in [3.63, 3.8) is 0 Å². The topological polar surface area (TPSA) is 106 Å². The van der Waals surface area contributed by atoms with Crippen LogP contribution in [-0.4, -0.2) is 39.0 Å². The Morgan fingerprint density at radius 2 is 2.22 bits per heavy atom. The van der Waals surface area contributed by atoms with Crippen LogP contribution in [0.1, 0.15) is 12.5 Å². The van der Waals surface area contributed by atoms with Gasteiger partial charge in [-0.3, -0.25) is 14.9 Å². The Morgan fingerprint density at radius 3 is 2.91 bits per heavy atom. The molecule has 0 spiro atoms. The molecular formula is C13H15N5O3S2. The Bertz CT molecular complexity index is 692. The van der Waals surface area contributed by atoms with Crippen molar-refractivity contribution in [2.24, 2.45) is 0 Å². The summed E-state index contributed by atoms with van der Waals surface area (Å²) in [4.78, 5) is 31.8. The van der Waals surface area contributed by atoms with Crippen molar-refractivity contribution in [1.29, 1.82) is 0 Å². The highest BCUT2D eigenvalue weighted by Crippen LogP contribution is 2.17. The van der Waals surface area contributed by atoms with E-state index in [0.717, 1.165) is 11.5 Å². The molecule has 0 radical (unpaired) electrons. The van der Waals surface area contributed by atoms with E-state index in [0.29, 0.717) is 23.2 Å². The third-order valence-corrected chi connectivity index (χ3v) is 3.88. The molecule has 2 heterocycles. The molecule has 8 nitrogen and oxygen atoms in total. The van der Waals surface area contributed by atoms with Gasteiger partial charge in [0.15, 0.2) is 0 Å². The van der Waals surface area contributed by atoms with E-state index < -0.39 is 11.8 Å². The zero-order valence-corrected chi connectivity index (χ0v) is 14.2. The van der Waals surface area contributed by atoms with Gasteiger partial charge in [0.05, 0.1) is 6.61 Å². The van der Waals surface area contributed by atoms with Crippen LogP contribution in [0.2, 0.25) is 0 Å². The first-order chi connectivity index (χ1) is 11.1. The number of nitrogens with one attached hydrogen (secondary N) is 2. The Balaban J connectivity index is 1.90. The molecule has 0 aliphatic carbocycles. The first-order valence-electron chi connectivity index (χ1n) is 6.67. The van der Waals surface area contributed by atoms with Crippen molar-refractivity contribution in [1.82, 2.24) is 19.7 Å². The molecule has 0 saturated carbocycles. The lowest BCUT2D eigenvalue weighted by Crippen LogP contribution is -2.35. The molecule has 0 aromatic carbocycles. The van der Waals surface area contributed by atoms with Crippen LogP contribution in [0, 0.1) is 0 Å². The minimum Gasteiger partial charge on any atom is -0.478 e. The third-order valence-electron chi connectivity index (χ3n) is 2.59. The number of amides is 2. The van der Waals surface area contributed by atoms with Crippen LogP contribution >= 0.6 is 23.3 Å². The summed E-state index contributed by atoms with van der Waals surface area (Å²) in [5, 5.41) is 5.75. The Labute approximate surface area is 141 Å². The van der Waals surface area contributed by atoms with Gasteiger partial charge in [-0.25, -0.2) is 4.98 Å². The SMILES string of the molecule is CCOc1ncccc1CNC(=O)C(=O)Nc1nc(SC)ns1. The molecule has 122 valence electrons. The second-order valence-corrected chi connectivity index (χ2v) is 5.65. The molecule has 2 aromatic heterocycles. The second kappa shape index (κ2) is 8.44. The fourth-order valence-corrected chi connectivity index (χ4v) is 2.70. The van der Waals surface area contributed by atoms with Crippen molar-refractivity contribution in [3.8, 4) is 5.88 Å². The van der Waals surface area contributed by atoms with E-state index in [1.807, 2.05) is 13.2 Å². The van der Waals surface area contributed by atoms with Gasteiger partial charge in [0.2, 0.25) is 16.2 Å². The van der Waals surface area contributed by atoms with Crippen molar-refractivity contribution in [2.75, 3.05) is 18.2 Å². The minimum atomic E-state index is -0.796. The molecule has 2 aromatic rings. The van der Waals surface area contributed by atoms with Gasteiger partial charge in [-0.2, -0.15) is 9.36 Å². The summed E-state index contributed by atoms with van der Waals surface area (Å²) in [5.41, 5.74) is 0.691. The van der Waals surface area contributed by atoms with Crippen molar-refractivity contribution in [3.05, 3.63) is 23.9 Å². The van der Waals surface area contributed by atoms with Gasteiger partial charge >= 0.3 is 11.8 Å². The number of aromatic nitrogens is 3. The van der Waals surface area contributed by atoms with Gasteiger partial charge < -0.3 is 10.1 Å². The lowest BCUT2D eigenvalue weighted by atomic mass is 10.2. The van der Waals surface area contributed by atoms with Crippen LogP contribution in [0.3, 0.4) is 0 Å². The summed E-state index contributed by atoms with van der Waals surface area (Å²) >= 11 is 2.37. The maximum Gasteiger partial charge on any atom is 0.315 e. The van der Waals surface area contributed by atoms with Crippen molar-refractivity contribution >= 4 is 40.2 Å². The fraction of sp³-hybridized carbons (Fsp3) is 0.308. The van der Waals surface area contributed by atoms with E-state index in [-0.39, 0.29) is 11.7 Å². The molecule has 0 saturated heterocycles. The maximum atomic E-state index is 11.8. The number of hydrogen-bond donors (Lipinski definition) is 2. The van der Waals surface area contributed by atoms with Crippen LogP contribution in [0.25, 0.3) is 0 Å². The minimum absolute atomic E-state index is 0.140. The molecule has 2 amide bonds. The molecular weight excluding hydrogens is 338 g/mol. The van der Waals surface area contributed by atoms with E-state index in [2.05, 4.69) is 25.0 Å². The van der Waals surface area contributed by atoms with Crippen LogP contribution in [-0.2, 0) is 16.1 Å². The Hall–Kier alpha value is -2.20. The molecule has 10 heteroatoms. The van der Waals surface area contributed by atoms with Gasteiger partial charge in [0.1, 0.15) is 0 Å². The predicted molar refractivity (Wildman–Crippen MR) is 87.6 cm³/mol. The predicted octanol–water partition coefficient (Wildman–Crippen LogP) is 1.31. The average molecular weight is 353 g/mol. The van der Waals surface area contributed by atoms with E-state index in [9.17, 15) is 9.59 Å². The summed E-state index contributed by atoms with van der Waals surface area (Å²) in [7, 11) is 0. The monoisotopic (exact) mass is 353 g/mol. The van der Waals surface area contributed by atoms with Gasteiger partial charge in [-0.05, 0) is 19.2 Å². The van der Waals surface area contributed by atoms with Crippen LogP contribution in [0.5, 0.6) is 5.88 Å². The molecule has 2 N–H and O–H groups in total. The molecule has 2 rings (SSSR count). The summed E-state index contributed by atoms with van der Waals surface area (Å²) in [5.74, 6) is -1.13. The fourth-order valence-electron chi connectivity index (χ4n) is 1.58. The maximum absolute atomic E-state index is 11.8. The quantitative estimate of drug-likeness (QED) is 0.596. The van der Waals surface area contributed by atoms with Crippen molar-refractivity contribution < 1.29 is 14.3 Å². The lowest BCUT2D eigenvalue weighted by Gasteiger charge is -2.09. The average Bonchev–Trinajstić information content (AvgIpc) is 3.01. The molecule has 0 fully saturated rings. The van der Waals surface area contributed by atoms with Gasteiger partial charge in [0.25, 0.3) is 0 Å². The molecule has 0 aliphatic heterocycles. The molecule has 0 bridgehead atoms. The Morgan fingerprint density at radius 1 is 1.39 bits per heavy atom. The summed E-state index contributed by atoms with van der Waals surface area (Å²) in [6.07, 6.45) is 3.42. The van der Waals surface area contributed by atoms with Crippen LogP contribution < -0.4 is 15.4 Å². The van der Waals surface area contributed by atoms with Crippen LogP contribution in [0.4, 0.5) is 5.13 Å². The highest BCUT2D eigenvalue weighted by molar-refractivity contribution is 7.98. The number of anilines is 1. The number of hydrogen-bond acceptors (Lipinski definition) is 8. The van der Waals surface area contributed by atoms with Crippen molar-refractivity contribution in [2.45, 2.75) is 18.6 Å². The molecule has 0 atom stereocenters. The number of rotatable bonds is 6. The zero-order valence-electron chi connectivity index (χ0n) is 12.5. The number of nitrogens with zero attached hydrogens (tertiary/aromatic N) is 3. The number of ether oxygens (including phenoxy) is 1. The number of carbonyl (C=O) groups excluding carboxylic acids is 2. The number of carbonyl (C=O) groups is 2. The summed E-state index contributed by atoms with van der Waals surface area (Å²) < 4.78 is 9.35. The van der Waals surface area contributed by atoms with Crippen LogP contribution in [0.15, 0.2) is 23.5 Å². The zero-order chi connectivity index (χ0) is 16.7. The van der Waals surface area contributed by atoms with E-state index in [1.54, 1.807) is 18.3 Å².